The first-order chi connectivity index (χ1) is 11.4. The van der Waals surface area contributed by atoms with Crippen molar-refractivity contribution in [2.24, 2.45) is 22.7 Å². The number of urea groups is 1. The molecule has 2 N–H and O–H groups in total. The normalized spacial score (nSPS) is 28.1. The van der Waals surface area contributed by atoms with Crippen LogP contribution in [0.4, 0.5) is 19.3 Å². The molecule has 0 heterocycles. The van der Waals surface area contributed by atoms with Crippen LogP contribution in [0.3, 0.4) is 0 Å². The number of halogens is 2. The smallest absolute Gasteiger partial charge is 0.340 e. The number of amides is 2. The summed E-state index contributed by atoms with van der Waals surface area (Å²) in [5.74, 6) is -3.57. The van der Waals surface area contributed by atoms with E-state index in [0.717, 1.165) is 12.1 Å². The summed E-state index contributed by atoms with van der Waals surface area (Å²) in [6.45, 7) is 0. The Morgan fingerprint density at radius 1 is 1.17 bits per heavy atom. The number of hydrazone groups is 1. The zero-order valence-corrected chi connectivity index (χ0v) is 12.6. The molecule has 2 aliphatic rings. The van der Waals surface area contributed by atoms with Gasteiger partial charge in [0, 0.05) is 5.92 Å². The summed E-state index contributed by atoms with van der Waals surface area (Å²) < 4.78 is 27.0. The van der Waals surface area contributed by atoms with Gasteiger partial charge in [-0.15, -0.1) is 0 Å². The molecule has 3 rings (SSSR count). The lowest BCUT2D eigenvalue weighted by Gasteiger charge is -2.25. The third kappa shape index (κ3) is 2.68. The molecular weight excluding hydrogens is 320 g/mol. The summed E-state index contributed by atoms with van der Waals surface area (Å²) in [5.41, 5.74) is 4.87. The lowest BCUT2D eigenvalue weighted by Crippen LogP contribution is -2.34. The van der Waals surface area contributed by atoms with Gasteiger partial charge in [-0.2, -0.15) is 10.1 Å². The van der Waals surface area contributed by atoms with Crippen LogP contribution in [-0.2, 0) is 9.59 Å². The minimum Gasteiger partial charge on any atom is -0.350 e. The van der Waals surface area contributed by atoms with Crippen LogP contribution in [0, 0.1) is 17.7 Å². The molecule has 0 radical (unpaired) electrons. The first-order valence-corrected chi connectivity index (χ1v) is 7.56. The summed E-state index contributed by atoms with van der Waals surface area (Å²) in [7, 11) is 0. The van der Waals surface area contributed by atoms with Gasteiger partial charge in [-0.05, 0) is 43.5 Å². The van der Waals surface area contributed by atoms with Crippen molar-refractivity contribution in [3.8, 4) is 0 Å². The van der Waals surface area contributed by atoms with Crippen molar-refractivity contribution in [2.45, 2.75) is 25.4 Å². The highest BCUT2D eigenvalue weighted by atomic mass is 19.1. The third-order valence-electron chi connectivity index (χ3n) is 4.40. The average Bonchev–Trinajstić information content (AvgIpc) is 2.78. The zero-order valence-electron chi connectivity index (χ0n) is 12.6. The highest BCUT2D eigenvalue weighted by Gasteiger charge is 2.52. The number of anilines is 1. The van der Waals surface area contributed by atoms with Gasteiger partial charge in [0.1, 0.15) is 12.0 Å². The van der Waals surface area contributed by atoms with Gasteiger partial charge in [0.2, 0.25) is 0 Å². The second kappa shape index (κ2) is 6.10. The number of nitrogens with zero attached hydrogens (tertiary/aromatic N) is 2. The maximum Gasteiger partial charge on any atom is 0.340 e. The molecular formula is C16H15F2N3O3. The molecule has 0 bridgehead atoms. The summed E-state index contributed by atoms with van der Waals surface area (Å²) >= 11 is 0. The van der Waals surface area contributed by atoms with Crippen LogP contribution in [0.15, 0.2) is 29.4 Å². The van der Waals surface area contributed by atoms with E-state index in [-0.39, 0.29) is 12.1 Å². The largest absolute Gasteiger partial charge is 0.350 e. The first kappa shape index (κ1) is 16.2. The van der Waals surface area contributed by atoms with E-state index in [2.05, 4.69) is 5.10 Å². The second-order valence-electron chi connectivity index (χ2n) is 5.88. The van der Waals surface area contributed by atoms with E-state index in [0.29, 0.717) is 17.9 Å². The van der Waals surface area contributed by atoms with E-state index in [1.54, 1.807) is 0 Å². The molecule has 0 aliphatic heterocycles. The van der Waals surface area contributed by atoms with Crippen molar-refractivity contribution in [3.05, 3.63) is 30.1 Å². The molecule has 3 unspecified atom stereocenters. The van der Waals surface area contributed by atoms with Crippen LogP contribution in [-0.4, -0.2) is 29.5 Å². The monoisotopic (exact) mass is 335 g/mol. The molecule has 8 heteroatoms. The van der Waals surface area contributed by atoms with Crippen molar-refractivity contribution in [3.63, 3.8) is 0 Å². The number of carbonyl (C=O) groups is 3. The summed E-state index contributed by atoms with van der Waals surface area (Å²) in [5, 5.41) is 4.43. The fraction of sp³-hybridized carbons (Fsp3) is 0.375. The molecule has 6 nitrogen and oxygen atoms in total. The quantitative estimate of drug-likeness (QED) is 0.838. The van der Waals surface area contributed by atoms with E-state index in [4.69, 9.17) is 5.73 Å². The zero-order chi connectivity index (χ0) is 17.4. The molecule has 2 fully saturated rings. The maximum atomic E-state index is 14.0. The van der Waals surface area contributed by atoms with E-state index < -0.39 is 47.1 Å². The Morgan fingerprint density at radius 3 is 2.42 bits per heavy atom. The Kier molecular flexibility index (Phi) is 4.13. The molecule has 1 aromatic rings. The highest BCUT2D eigenvalue weighted by molar-refractivity contribution is 6.70. The van der Waals surface area contributed by atoms with Crippen LogP contribution in [0.1, 0.15) is 19.3 Å². The predicted molar refractivity (Wildman–Crippen MR) is 81.6 cm³/mol. The Labute approximate surface area is 136 Å². The fourth-order valence-electron chi connectivity index (χ4n) is 3.26. The Morgan fingerprint density at radius 2 is 1.83 bits per heavy atom. The van der Waals surface area contributed by atoms with Crippen molar-refractivity contribution < 1.29 is 23.2 Å². The SMILES string of the molecule is NC(=O)N(/N=C1/C(=O)C2CCCC(F)C2C1=O)c1ccc(F)cc1. The number of primary amides is 1. The number of alkyl halides is 1. The topological polar surface area (TPSA) is 92.8 Å². The van der Waals surface area contributed by atoms with E-state index in [1.165, 1.54) is 12.1 Å². The van der Waals surface area contributed by atoms with Gasteiger partial charge in [-0.25, -0.2) is 13.6 Å². The molecule has 24 heavy (non-hydrogen) atoms. The molecule has 3 atom stereocenters. The number of rotatable bonds is 2. The minimum absolute atomic E-state index is 0.101. The summed E-state index contributed by atoms with van der Waals surface area (Å²) in [4.78, 5) is 36.4. The number of Topliss-reactive ketones (excluding diaryl/α,β-unsaturated/α-hetero) is 2. The number of nitrogens with two attached hydrogens (primary N) is 1. The number of ketones is 2. The summed E-state index contributed by atoms with van der Waals surface area (Å²) in [6, 6.07) is 3.60. The Balaban J connectivity index is 1.98. The lowest BCUT2D eigenvalue weighted by atomic mass is 9.80. The van der Waals surface area contributed by atoms with Gasteiger partial charge in [0.15, 0.2) is 17.3 Å². The maximum absolute atomic E-state index is 14.0. The van der Waals surface area contributed by atoms with Gasteiger partial charge in [-0.1, -0.05) is 0 Å². The fourth-order valence-corrected chi connectivity index (χ4v) is 3.26. The molecule has 1 aromatic carbocycles. The van der Waals surface area contributed by atoms with Crippen molar-refractivity contribution >= 4 is 29.0 Å². The third-order valence-corrected chi connectivity index (χ3v) is 4.40. The van der Waals surface area contributed by atoms with Gasteiger partial charge in [0.25, 0.3) is 0 Å². The minimum atomic E-state index is -1.39. The van der Waals surface area contributed by atoms with Gasteiger partial charge in [0.05, 0.1) is 11.6 Å². The molecule has 2 aliphatic carbocycles. The molecule has 2 saturated carbocycles. The predicted octanol–water partition coefficient (Wildman–Crippen LogP) is 1.97. The van der Waals surface area contributed by atoms with Crippen molar-refractivity contribution in [2.75, 3.05) is 5.01 Å². The molecule has 126 valence electrons. The first-order valence-electron chi connectivity index (χ1n) is 7.56. The number of hydrogen-bond acceptors (Lipinski definition) is 4. The lowest BCUT2D eigenvalue weighted by molar-refractivity contribution is -0.123. The highest BCUT2D eigenvalue weighted by Crippen LogP contribution is 2.39. The van der Waals surface area contributed by atoms with Crippen molar-refractivity contribution in [1.82, 2.24) is 0 Å². The van der Waals surface area contributed by atoms with Crippen LogP contribution >= 0.6 is 0 Å². The Hall–Kier alpha value is -2.64. The van der Waals surface area contributed by atoms with E-state index in [1.807, 2.05) is 0 Å². The standard InChI is InChI=1S/C16H15F2N3O3/c17-8-4-6-9(7-5-8)21(16(19)24)20-13-14(22)10-2-1-3-11(18)12(10)15(13)23/h4-7,10-12H,1-3H2,(H2,19,24)/b20-13-. The van der Waals surface area contributed by atoms with Crippen LogP contribution in [0.2, 0.25) is 0 Å². The van der Waals surface area contributed by atoms with Crippen LogP contribution < -0.4 is 10.7 Å². The number of benzene rings is 1. The number of hydrogen-bond donors (Lipinski definition) is 1. The molecule has 0 saturated heterocycles. The average molecular weight is 335 g/mol. The van der Waals surface area contributed by atoms with Crippen LogP contribution in [0.25, 0.3) is 0 Å². The molecule has 0 aromatic heterocycles. The van der Waals surface area contributed by atoms with Crippen molar-refractivity contribution in [1.29, 1.82) is 0 Å². The number of carbonyl (C=O) groups excluding carboxylic acids is 3. The Bertz CT molecular complexity index is 733. The summed E-state index contributed by atoms with van der Waals surface area (Å²) in [6.07, 6.45) is -0.223. The van der Waals surface area contributed by atoms with Gasteiger partial charge < -0.3 is 5.73 Å². The van der Waals surface area contributed by atoms with Gasteiger partial charge in [-0.3, -0.25) is 9.59 Å². The molecule has 0 spiro atoms. The van der Waals surface area contributed by atoms with Crippen LogP contribution in [0.5, 0.6) is 0 Å². The number of fused-ring (bicyclic) bond motifs is 1. The van der Waals surface area contributed by atoms with Gasteiger partial charge >= 0.3 is 6.03 Å². The van der Waals surface area contributed by atoms with E-state index in [9.17, 15) is 23.2 Å². The van der Waals surface area contributed by atoms with E-state index >= 15 is 0 Å². The second-order valence-corrected chi connectivity index (χ2v) is 5.88. The molecule has 2 amide bonds.